The monoisotopic (exact) mass is 417 g/mol. The van der Waals surface area contributed by atoms with E-state index in [1.165, 1.54) is 41.6 Å². The van der Waals surface area contributed by atoms with E-state index in [0.717, 1.165) is 31.9 Å². The molecule has 2 aromatic carbocycles. The molecule has 0 amide bonds. The normalized spacial score (nSPS) is 17.2. The molecule has 164 valence electrons. The van der Waals surface area contributed by atoms with Crippen LogP contribution in [0, 0.1) is 5.92 Å². The van der Waals surface area contributed by atoms with Crippen molar-refractivity contribution in [1.82, 2.24) is 14.7 Å². The smallest absolute Gasteiger partial charge is 0.119 e. The summed E-state index contributed by atoms with van der Waals surface area (Å²) in [6.45, 7) is 7.02. The second kappa shape index (κ2) is 10.1. The van der Waals surface area contributed by atoms with Crippen molar-refractivity contribution >= 4 is 0 Å². The van der Waals surface area contributed by atoms with Gasteiger partial charge in [0.1, 0.15) is 5.75 Å². The molecule has 1 aromatic heterocycles. The first kappa shape index (κ1) is 21.6. The molecule has 4 rings (SSSR count). The molecule has 1 aliphatic rings. The number of likely N-dealkylation sites (tertiary alicyclic amines) is 1. The van der Waals surface area contributed by atoms with Crippen LogP contribution in [0.4, 0.5) is 0 Å². The molecule has 4 heteroatoms. The first-order valence-corrected chi connectivity index (χ1v) is 11.6. The molecule has 0 bridgehead atoms. The Bertz CT molecular complexity index is 946. The molecule has 1 aliphatic heterocycles. The number of nitrogens with zero attached hydrogens (tertiary/aromatic N) is 3. The van der Waals surface area contributed by atoms with Crippen molar-refractivity contribution in [3.05, 3.63) is 83.2 Å². The Hall–Kier alpha value is -2.59. The second-order valence-corrected chi connectivity index (χ2v) is 9.24. The first-order valence-electron chi connectivity index (χ1n) is 11.6. The van der Waals surface area contributed by atoms with E-state index >= 15 is 0 Å². The first-order chi connectivity index (χ1) is 15.1. The topological polar surface area (TPSA) is 30.3 Å². The van der Waals surface area contributed by atoms with Crippen LogP contribution < -0.4 is 4.74 Å². The number of piperidine rings is 1. The summed E-state index contributed by atoms with van der Waals surface area (Å²) in [5.74, 6) is 1.47. The third-order valence-corrected chi connectivity index (χ3v) is 6.04. The van der Waals surface area contributed by atoms with Gasteiger partial charge in [0.05, 0.1) is 24.9 Å². The molecule has 2 heterocycles. The van der Waals surface area contributed by atoms with Crippen LogP contribution in [0.5, 0.6) is 5.75 Å². The van der Waals surface area contributed by atoms with Gasteiger partial charge in [0.2, 0.25) is 0 Å². The molecule has 0 spiro atoms. The van der Waals surface area contributed by atoms with Gasteiger partial charge in [-0.05, 0) is 61.2 Å². The van der Waals surface area contributed by atoms with Crippen LogP contribution in [0.15, 0.2) is 60.8 Å². The van der Waals surface area contributed by atoms with Gasteiger partial charge in [0.15, 0.2) is 0 Å². The fourth-order valence-electron chi connectivity index (χ4n) is 4.35. The number of ether oxygens (including phenoxy) is 1. The molecule has 0 aliphatic carbocycles. The summed E-state index contributed by atoms with van der Waals surface area (Å²) in [5, 5.41) is 5.10. The van der Waals surface area contributed by atoms with Gasteiger partial charge in [-0.2, -0.15) is 5.10 Å². The predicted octanol–water partition coefficient (Wildman–Crippen LogP) is 5.71. The molecule has 0 N–H and O–H groups in total. The van der Waals surface area contributed by atoms with Gasteiger partial charge in [-0.1, -0.05) is 62.7 Å². The fourth-order valence-corrected chi connectivity index (χ4v) is 4.35. The van der Waals surface area contributed by atoms with Gasteiger partial charge in [-0.3, -0.25) is 9.58 Å². The summed E-state index contributed by atoms with van der Waals surface area (Å²) in [7, 11) is 2.24. The Kier molecular flexibility index (Phi) is 7.08. The lowest BCUT2D eigenvalue weighted by Gasteiger charge is -2.31. The highest BCUT2D eigenvalue weighted by molar-refractivity contribution is 5.31. The van der Waals surface area contributed by atoms with Crippen LogP contribution in [0.3, 0.4) is 0 Å². The van der Waals surface area contributed by atoms with Gasteiger partial charge in [-0.15, -0.1) is 0 Å². The highest BCUT2D eigenvalue weighted by Gasteiger charge is 2.26. The third kappa shape index (κ3) is 5.76. The van der Waals surface area contributed by atoms with Gasteiger partial charge in [-0.25, -0.2) is 0 Å². The van der Waals surface area contributed by atoms with E-state index in [2.05, 4.69) is 91.3 Å². The zero-order valence-electron chi connectivity index (χ0n) is 19.1. The van der Waals surface area contributed by atoms with Crippen LogP contribution in [0.25, 0.3) is 0 Å². The standard InChI is InChI=1S/C27H35N3O/c1-21(2)20-31-25-14-12-23(13-15-25)18-30-19-24(17-22-9-5-4-6-10-22)27(28-30)26-11-7-8-16-29(26)3/h4-6,9-10,12-15,19,21,26H,7-8,11,16-18,20H2,1-3H3. The van der Waals surface area contributed by atoms with Crippen LogP contribution in [0.1, 0.15) is 61.5 Å². The minimum absolute atomic E-state index is 0.417. The Morgan fingerprint density at radius 1 is 1.00 bits per heavy atom. The minimum atomic E-state index is 0.417. The van der Waals surface area contributed by atoms with E-state index in [4.69, 9.17) is 9.84 Å². The number of aromatic nitrogens is 2. The Morgan fingerprint density at radius 3 is 2.48 bits per heavy atom. The second-order valence-electron chi connectivity index (χ2n) is 9.24. The molecular formula is C27H35N3O. The average Bonchev–Trinajstić information content (AvgIpc) is 3.16. The molecule has 4 nitrogen and oxygen atoms in total. The maximum atomic E-state index is 5.83. The molecular weight excluding hydrogens is 382 g/mol. The van der Waals surface area contributed by atoms with Gasteiger partial charge in [0, 0.05) is 12.6 Å². The summed E-state index contributed by atoms with van der Waals surface area (Å²) < 4.78 is 7.95. The van der Waals surface area contributed by atoms with Crippen LogP contribution in [-0.2, 0) is 13.0 Å². The average molecular weight is 418 g/mol. The maximum absolute atomic E-state index is 5.83. The van der Waals surface area contributed by atoms with Crippen molar-refractivity contribution < 1.29 is 4.74 Å². The Balaban J connectivity index is 1.54. The van der Waals surface area contributed by atoms with E-state index in [-0.39, 0.29) is 0 Å². The highest BCUT2D eigenvalue weighted by atomic mass is 16.5. The van der Waals surface area contributed by atoms with Crippen molar-refractivity contribution in [1.29, 1.82) is 0 Å². The molecule has 31 heavy (non-hydrogen) atoms. The van der Waals surface area contributed by atoms with Crippen molar-refractivity contribution in [2.75, 3.05) is 20.2 Å². The summed E-state index contributed by atoms with van der Waals surface area (Å²) in [4.78, 5) is 2.48. The van der Waals surface area contributed by atoms with Crippen molar-refractivity contribution in [2.24, 2.45) is 5.92 Å². The molecule has 0 radical (unpaired) electrons. The lowest BCUT2D eigenvalue weighted by Crippen LogP contribution is -2.30. The lowest BCUT2D eigenvalue weighted by atomic mass is 9.95. The van der Waals surface area contributed by atoms with Crippen molar-refractivity contribution in [2.45, 2.75) is 52.1 Å². The Labute approximate surface area is 186 Å². The van der Waals surface area contributed by atoms with E-state index in [1.54, 1.807) is 0 Å². The minimum Gasteiger partial charge on any atom is -0.493 e. The third-order valence-electron chi connectivity index (χ3n) is 6.04. The lowest BCUT2D eigenvalue weighted by molar-refractivity contribution is 0.182. The molecule has 1 atom stereocenters. The highest BCUT2D eigenvalue weighted by Crippen LogP contribution is 2.32. The Morgan fingerprint density at radius 2 is 1.77 bits per heavy atom. The molecule has 1 unspecified atom stereocenters. The summed E-state index contributed by atoms with van der Waals surface area (Å²) in [5.41, 5.74) is 5.19. The molecule has 1 fully saturated rings. The van der Waals surface area contributed by atoms with Crippen molar-refractivity contribution in [3.63, 3.8) is 0 Å². The summed E-state index contributed by atoms with van der Waals surface area (Å²) >= 11 is 0. The van der Waals surface area contributed by atoms with E-state index < -0.39 is 0 Å². The van der Waals surface area contributed by atoms with E-state index in [0.29, 0.717) is 12.0 Å². The molecule has 0 saturated carbocycles. The SMILES string of the molecule is CC(C)COc1ccc(Cn2cc(Cc3ccccc3)c(C3CCCCN3C)n2)cc1. The zero-order chi connectivity index (χ0) is 21.6. The van der Waals surface area contributed by atoms with Crippen LogP contribution >= 0.6 is 0 Å². The quantitative estimate of drug-likeness (QED) is 0.470. The number of hydrogen-bond donors (Lipinski definition) is 0. The van der Waals surface area contributed by atoms with Crippen LogP contribution in [-0.4, -0.2) is 34.9 Å². The molecule has 3 aromatic rings. The summed E-state index contributed by atoms with van der Waals surface area (Å²) in [6.07, 6.45) is 6.95. The van der Waals surface area contributed by atoms with Crippen molar-refractivity contribution in [3.8, 4) is 5.75 Å². The zero-order valence-corrected chi connectivity index (χ0v) is 19.1. The number of benzene rings is 2. The predicted molar refractivity (Wildman–Crippen MR) is 127 cm³/mol. The van der Waals surface area contributed by atoms with Gasteiger partial charge < -0.3 is 4.74 Å². The maximum Gasteiger partial charge on any atom is 0.119 e. The van der Waals surface area contributed by atoms with Gasteiger partial charge in [0.25, 0.3) is 0 Å². The van der Waals surface area contributed by atoms with E-state index in [1.807, 2.05) is 0 Å². The van der Waals surface area contributed by atoms with Crippen LogP contribution in [0.2, 0.25) is 0 Å². The number of rotatable bonds is 8. The van der Waals surface area contributed by atoms with E-state index in [9.17, 15) is 0 Å². The summed E-state index contributed by atoms with van der Waals surface area (Å²) in [6, 6.07) is 19.6. The van der Waals surface area contributed by atoms with Gasteiger partial charge >= 0.3 is 0 Å². The largest absolute Gasteiger partial charge is 0.493 e. The number of hydrogen-bond acceptors (Lipinski definition) is 3. The molecule has 1 saturated heterocycles. The fraction of sp³-hybridized carbons (Fsp3) is 0.444.